The lowest BCUT2D eigenvalue weighted by Crippen LogP contribution is -2.26. The molecule has 0 saturated heterocycles. The maximum Gasteiger partial charge on any atom is 0.180 e. The van der Waals surface area contributed by atoms with Crippen LogP contribution in [-0.2, 0) is 10.3 Å². The van der Waals surface area contributed by atoms with Crippen LogP contribution in [0.3, 0.4) is 0 Å². The van der Waals surface area contributed by atoms with Gasteiger partial charge >= 0.3 is 0 Å². The molecule has 2 heterocycles. The Morgan fingerprint density at radius 1 is 1.44 bits per heavy atom. The Morgan fingerprint density at radius 3 is 2.81 bits per heavy atom. The fourth-order valence-electron chi connectivity index (χ4n) is 1.55. The van der Waals surface area contributed by atoms with E-state index in [1.165, 1.54) is 0 Å². The smallest absolute Gasteiger partial charge is 0.180 e. The molecule has 2 aromatic rings. The van der Waals surface area contributed by atoms with Crippen LogP contribution < -0.4 is 0 Å². The summed E-state index contributed by atoms with van der Waals surface area (Å²) in [6, 6.07) is 0. The molecule has 2 aromatic heterocycles. The highest BCUT2D eigenvalue weighted by molar-refractivity contribution is 6.29. The molecule has 0 fully saturated rings. The molecule has 0 N–H and O–H groups in total. The van der Waals surface area contributed by atoms with Crippen LogP contribution in [0, 0.1) is 0 Å². The molecule has 0 aliphatic heterocycles. The van der Waals surface area contributed by atoms with Gasteiger partial charge in [-0.3, -0.25) is 9.38 Å². The van der Waals surface area contributed by atoms with Crippen molar-refractivity contribution in [1.29, 1.82) is 0 Å². The first-order chi connectivity index (χ1) is 7.62. The summed E-state index contributed by atoms with van der Waals surface area (Å²) < 4.78 is 7.24. The van der Waals surface area contributed by atoms with E-state index in [1.54, 1.807) is 23.9 Å². The molecule has 0 amide bonds. The van der Waals surface area contributed by atoms with Crippen molar-refractivity contribution in [2.75, 3.05) is 7.11 Å². The van der Waals surface area contributed by atoms with Crippen molar-refractivity contribution in [3.8, 4) is 0 Å². The Labute approximate surface area is 98.4 Å². The van der Waals surface area contributed by atoms with Crippen molar-refractivity contribution in [3.05, 3.63) is 23.4 Å². The quantitative estimate of drug-likeness (QED) is 0.824. The van der Waals surface area contributed by atoms with Crippen LogP contribution in [0.25, 0.3) is 5.65 Å². The lowest BCUT2D eigenvalue weighted by molar-refractivity contribution is -0.00976. The summed E-state index contributed by atoms with van der Waals surface area (Å²) in [7, 11) is 1.65. The van der Waals surface area contributed by atoms with Crippen LogP contribution in [0.4, 0.5) is 0 Å². The van der Waals surface area contributed by atoms with Gasteiger partial charge in [-0.25, -0.2) is 0 Å². The van der Waals surface area contributed by atoms with Crippen LogP contribution in [0.5, 0.6) is 0 Å². The molecule has 86 valence electrons. The number of hydrogen-bond acceptors (Lipinski definition) is 4. The van der Waals surface area contributed by atoms with E-state index in [0.29, 0.717) is 16.6 Å². The molecule has 1 unspecified atom stereocenters. The molecule has 0 aliphatic rings. The zero-order chi connectivity index (χ0) is 11.8. The first kappa shape index (κ1) is 11.3. The Morgan fingerprint density at radius 2 is 2.19 bits per heavy atom. The molecule has 0 radical (unpaired) electrons. The van der Waals surface area contributed by atoms with Crippen LogP contribution in [0.15, 0.2) is 12.4 Å². The van der Waals surface area contributed by atoms with E-state index < -0.39 is 5.60 Å². The first-order valence-corrected chi connectivity index (χ1v) is 5.40. The number of nitrogens with zero attached hydrogens (tertiary/aromatic N) is 4. The van der Waals surface area contributed by atoms with Gasteiger partial charge in [-0.05, 0) is 13.3 Å². The largest absolute Gasteiger partial charge is 0.371 e. The van der Waals surface area contributed by atoms with Crippen LogP contribution >= 0.6 is 11.6 Å². The highest BCUT2D eigenvalue weighted by Gasteiger charge is 2.30. The van der Waals surface area contributed by atoms with Gasteiger partial charge in [0.2, 0.25) is 0 Å². The standard InChI is InChI=1S/C10H13ClN4O/c1-4-10(2,16-3)9-14-13-8-6-12-5-7(11)15(8)9/h5-6H,4H2,1-3H3. The van der Waals surface area contributed by atoms with E-state index in [-0.39, 0.29) is 0 Å². The minimum absolute atomic E-state index is 0.481. The highest BCUT2D eigenvalue weighted by Crippen LogP contribution is 2.28. The van der Waals surface area contributed by atoms with E-state index in [0.717, 1.165) is 6.42 Å². The number of aromatic nitrogens is 4. The van der Waals surface area contributed by atoms with Crippen molar-refractivity contribution in [2.24, 2.45) is 0 Å². The van der Waals surface area contributed by atoms with Crippen molar-refractivity contribution in [1.82, 2.24) is 19.6 Å². The summed E-state index contributed by atoms with van der Waals surface area (Å²) in [6.45, 7) is 3.99. The molecular formula is C10H13ClN4O. The highest BCUT2D eigenvalue weighted by atomic mass is 35.5. The molecule has 0 bridgehead atoms. The zero-order valence-corrected chi connectivity index (χ0v) is 10.2. The van der Waals surface area contributed by atoms with E-state index >= 15 is 0 Å². The van der Waals surface area contributed by atoms with Gasteiger partial charge in [-0.2, -0.15) is 0 Å². The minimum atomic E-state index is -0.496. The van der Waals surface area contributed by atoms with Crippen LogP contribution in [0.2, 0.25) is 5.15 Å². The van der Waals surface area contributed by atoms with Gasteiger partial charge in [0.15, 0.2) is 11.5 Å². The Hall–Kier alpha value is -1.20. The first-order valence-electron chi connectivity index (χ1n) is 5.02. The molecule has 0 aromatic carbocycles. The SMILES string of the molecule is CCC(C)(OC)c1nnc2cncc(Cl)n12. The van der Waals surface area contributed by atoms with Crippen molar-refractivity contribution >= 4 is 17.2 Å². The maximum absolute atomic E-state index is 6.09. The normalized spacial score (nSPS) is 15.2. The summed E-state index contributed by atoms with van der Waals surface area (Å²) >= 11 is 6.09. The lowest BCUT2D eigenvalue weighted by Gasteiger charge is -2.24. The molecule has 5 nitrogen and oxygen atoms in total. The van der Waals surface area contributed by atoms with Gasteiger partial charge in [-0.1, -0.05) is 18.5 Å². The summed E-state index contributed by atoms with van der Waals surface area (Å²) in [4.78, 5) is 3.96. The molecule has 1 atom stereocenters. The monoisotopic (exact) mass is 240 g/mol. The summed E-state index contributed by atoms with van der Waals surface area (Å²) in [6.07, 6.45) is 3.96. The fraction of sp³-hybridized carbons (Fsp3) is 0.500. The maximum atomic E-state index is 6.09. The predicted molar refractivity (Wildman–Crippen MR) is 60.4 cm³/mol. The van der Waals surface area contributed by atoms with Gasteiger partial charge in [0, 0.05) is 7.11 Å². The number of halogens is 1. The third kappa shape index (κ3) is 1.56. The number of ether oxygens (including phenoxy) is 1. The Bertz CT molecular complexity index is 506. The minimum Gasteiger partial charge on any atom is -0.371 e. The van der Waals surface area contributed by atoms with Crippen LogP contribution in [-0.4, -0.2) is 26.7 Å². The van der Waals surface area contributed by atoms with Gasteiger partial charge in [0.05, 0.1) is 12.4 Å². The average molecular weight is 241 g/mol. The Kier molecular flexibility index (Phi) is 2.82. The van der Waals surface area contributed by atoms with E-state index in [2.05, 4.69) is 15.2 Å². The summed E-state index contributed by atoms with van der Waals surface area (Å²) in [5.41, 5.74) is 0.129. The number of methoxy groups -OCH3 is 1. The van der Waals surface area contributed by atoms with E-state index in [4.69, 9.17) is 16.3 Å². The van der Waals surface area contributed by atoms with Gasteiger partial charge in [-0.15, -0.1) is 10.2 Å². The molecule has 2 rings (SSSR count). The third-order valence-corrected chi connectivity index (χ3v) is 3.14. The molecule has 0 aliphatic carbocycles. The second kappa shape index (κ2) is 3.99. The molecule has 6 heteroatoms. The van der Waals surface area contributed by atoms with Crippen LogP contribution in [0.1, 0.15) is 26.1 Å². The molecular weight excluding hydrogens is 228 g/mol. The fourth-order valence-corrected chi connectivity index (χ4v) is 1.77. The molecule has 16 heavy (non-hydrogen) atoms. The summed E-state index contributed by atoms with van der Waals surface area (Å²) in [5.74, 6) is 0.694. The zero-order valence-electron chi connectivity index (χ0n) is 9.44. The van der Waals surface area contributed by atoms with Crippen molar-refractivity contribution < 1.29 is 4.74 Å². The average Bonchev–Trinajstić information content (AvgIpc) is 2.74. The molecule has 0 saturated carbocycles. The van der Waals surface area contributed by atoms with Gasteiger partial charge in [0.25, 0.3) is 0 Å². The second-order valence-electron chi connectivity index (χ2n) is 3.74. The lowest BCUT2D eigenvalue weighted by atomic mass is 10.0. The Balaban J connectivity index is 2.70. The molecule has 0 spiro atoms. The predicted octanol–water partition coefficient (Wildman–Crippen LogP) is 2.05. The number of hydrogen-bond donors (Lipinski definition) is 0. The van der Waals surface area contributed by atoms with Gasteiger partial charge < -0.3 is 4.74 Å². The van der Waals surface area contributed by atoms with E-state index in [9.17, 15) is 0 Å². The van der Waals surface area contributed by atoms with E-state index in [1.807, 2.05) is 13.8 Å². The van der Waals surface area contributed by atoms with Crippen molar-refractivity contribution in [3.63, 3.8) is 0 Å². The van der Waals surface area contributed by atoms with Gasteiger partial charge in [0.1, 0.15) is 10.8 Å². The van der Waals surface area contributed by atoms with Crippen molar-refractivity contribution in [2.45, 2.75) is 25.9 Å². The second-order valence-corrected chi connectivity index (χ2v) is 4.12. The third-order valence-electron chi connectivity index (χ3n) is 2.87. The number of rotatable bonds is 3. The number of fused-ring (bicyclic) bond motifs is 1. The topological polar surface area (TPSA) is 52.3 Å². The summed E-state index contributed by atoms with van der Waals surface area (Å²) in [5, 5.41) is 8.64.